The van der Waals surface area contributed by atoms with Gasteiger partial charge in [0.1, 0.15) is 0 Å². The maximum Gasteiger partial charge on any atom is 0.0594 e. The van der Waals surface area contributed by atoms with Crippen molar-refractivity contribution >= 4 is 0 Å². The average molecular weight is 181 g/mol. The van der Waals surface area contributed by atoms with Crippen molar-refractivity contribution in [2.75, 3.05) is 26.3 Å². The summed E-state index contributed by atoms with van der Waals surface area (Å²) < 4.78 is 5.42. The molecule has 0 spiro atoms. The highest BCUT2D eigenvalue weighted by molar-refractivity contribution is 5.20. The van der Waals surface area contributed by atoms with E-state index in [-0.39, 0.29) is 0 Å². The van der Waals surface area contributed by atoms with Gasteiger partial charge in [0.05, 0.1) is 13.2 Å². The summed E-state index contributed by atoms with van der Waals surface area (Å²) in [5.74, 6) is 2.00. The lowest BCUT2D eigenvalue weighted by Gasteiger charge is -2.35. The Hall–Kier alpha value is -0.0800. The molecular formula is C11H19NO. The van der Waals surface area contributed by atoms with Crippen molar-refractivity contribution in [1.82, 2.24) is 4.90 Å². The van der Waals surface area contributed by atoms with Crippen LogP contribution in [-0.4, -0.2) is 36.7 Å². The first-order valence-electron chi connectivity index (χ1n) is 5.68. The summed E-state index contributed by atoms with van der Waals surface area (Å²) in [6.07, 6.45) is 4.41. The summed E-state index contributed by atoms with van der Waals surface area (Å²) >= 11 is 0. The Morgan fingerprint density at radius 2 is 2.08 bits per heavy atom. The van der Waals surface area contributed by atoms with E-state index in [1.807, 2.05) is 0 Å². The minimum absolute atomic E-state index is 0.643. The molecule has 2 nitrogen and oxygen atoms in total. The smallest absolute Gasteiger partial charge is 0.0594 e. The van der Waals surface area contributed by atoms with Crippen LogP contribution in [-0.2, 0) is 4.74 Å². The molecule has 2 aliphatic carbocycles. The van der Waals surface area contributed by atoms with Gasteiger partial charge in [0.2, 0.25) is 0 Å². The zero-order chi connectivity index (χ0) is 8.89. The minimum Gasteiger partial charge on any atom is -0.379 e. The van der Waals surface area contributed by atoms with Crippen molar-refractivity contribution in [2.45, 2.75) is 31.7 Å². The van der Waals surface area contributed by atoms with Gasteiger partial charge in [0, 0.05) is 18.6 Å². The number of rotatable bonds is 1. The van der Waals surface area contributed by atoms with E-state index >= 15 is 0 Å². The van der Waals surface area contributed by atoms with E-state index in [2.05, 4.69) is 11.8 Å². The highest BCUT2D eigenvalue weighted by atomic mass is 16.5. The Morgan fingerprint density at radius 1 is 1.31 bits per heavy atom. The first-order valence-corrected chi connectivity index (χ1v) is 5.68. The second-order valence-electron chi connectivity index (χ2n) is 4.88. The van der Waals surface area contributed by atoms with E-state index < -0.39 is 0 Å². The van der Waals surface area contributed by atoms with Gasteiger partial charge in [0.15, 0.2) is 0 Å². The number of nitrogens with zero attached hydrogens (tertiary/aromatic N) is 1. The first-order chi connectivity index (χ1) is 6.36. The van der Waals surface area contributed by atoms with Crippen LogP contribution in [0.1, 0.15) is 26.2 Å². The van der Waals surface area contributed by atoms with Crippen LogP contribution >= 0.6 is 0 Å². The predicted octanol–water partition coefficient (Wildman–Crippen LogP) is 1.51. The Morgan fingerprint density at radius 3 is 2.69 bits per heavy atom. The molecule has 2 heteroatoms. The molecule has 3 aliphatic rings. The fourth-order valence-corrected chi connectivity index (χ4v) is 3.89. The maximum absolute atomic E-state index is 5.42. The van der Waals surface area contributed by atoms with Crippen molar-refractivity contribution < 1.29 is 4.74 Å². The van der Waals surface area contributed by atoms with E-state index in [1.165, 1.54) is 32.4 Å². The lowest BCUT2D eigenvalue weighted by molar-refractivity contribution is 0.00421. The van der Waals surface area contributed by atoms with Gasteiger partial charge in [-0.25, -0.2) is 0 Å². The van der Waals surface area contributed by atoms with Crippen LogP contribution in [0.2, 0.25) is 0 Å². The monoisotopic (exact) mass is 181 g/mol. The number of hydrogen-bond donors (Lipinski definition) is 0. The predicted molar refractivity (Wildman–Crippen MR) is 51.6 cm³/mol. The Kier molecular flexibility index (Phi) is 1.72. The van der Waals surface area contributed by atoms with Crippen LogP contribution in [0.5, 0.6) is 0 Å². The molecule has 0 aromatic rings. The summed E-state index contributed by atoms with van der Waals surface area (Å²) in [5, 5.41) is 0. The normalized spacial score (nSPS) is 50.5. The molecule has 0 radical (unpaired) electrons. The molecule has 0 amide bonds. The van der Waals surface area contributed by atoms with E-state index in [4.69, 9.17) is 4.74 Å². The Bertz CT molecular complexity index is 212. The van der Waals surface area contributed by atoms with Crippen LogP contribution in [0.25, 0.3) is 0 Å². The van der Waals surface area contributed by atoms with E-state index in [1.54, 1.807) is 0 Å². The van der Waals surface area contributed by atoms with Gasteiger partial charge < -0.3 is 4.74 Å². The van der Waals surface area contributed by atoms with Crippen LogP contribution in [0.4, 0.5) is 0 Å². The average Bonchev–Trinajstić information content (AvgIpc) is 2.63. The summed E-state index contributed by atoms with van der Waals surface area (Å²) in [4.78, 5) is 2.72. The van der Waals surface area contributed by atoms with Gasteiger partial charge in [-0.2, -0.15) is 0 Å². The molecule has 1 heterocycles. The van der Waals surface area contributed by atoms with E-state index in [0.717, 1.165) is 25.0 Å². The summed E-state index contributed by atoms with van der Waals surface area (Å²) in [6.45, 7) is 6.73. The third kappa shape index (κ3) is 0.962. The summed E-state index contributed by atoms with van der Waals surface area (Å²) in [7, 11) is 0. The highest BCUT2D eigenvalue weighted by Gasteiger charge is 2.66. The second-order valence-corrected chi connectivity index (χ2v) is 4.88. The molecule has 0 aromatic carbocycles. The second kappa shape index (κ2) is 2.71. The molecule has 0 aromatic heterocycles. The molecule has 3 atom stereocenters. The molecule has 1 saturated heterocycles. The van der Waals surface area contributed by atoms with Crippen LogP contribution < -0.4 is 0 Å². The molecule has 2 saturated carbocycles. The van der Waals surface area contributed by atoms with Gasteiger partial charge >= 0.3 is 0 Å². The van der Waals surface area contributed by atoms with Crippen molar-refractivity contribution in [3.63, 3.8) is 0 Å². The van der Waals surface area contributed by atoms with Gasteiger partial charge in [-0.15, -0.1) is 0 Å². The number of hydrogen-bond acceptors (Lipinski definition) is 2. The van der Waals surface area contributed by atoms with Crippen LogP contribution in [0.3, 0.4) is 0 Å². The third-order valence-electron chi connectivity index (χ3n) is 4.62. The SMILES string of the molecule is CC1C2CCCC12N1CCOCC1. The zero-order valence-corrected chi connectivity index (χ0v) is 8.46. The highest BCUT2D eigenvalue weighted by Crippen LogP contribution is 2.64. The lowest BCUT2D eigenvalue weighted by Crippen LogP contribution is -2.46. The molecule has 13 heavy (non-hydrogen) atoms. The fraction of sp³-hybridized carbons (Fsp3) is 1.00. The largest absolute Gasteiger partial charge is 0.379 e. The fourth-order valence-electron chi connectivity index (χ4n) is 3.89. The van der Waals surface area contributed by atoms with Crippen molar-refractivity contribution in [3.8, 4) is 0 Å². The van der Waals surface area contributed by atoms with Crippen LogP contribution in [0.15, 0.2) is 0 Å². The third-order valence-corrected chi connectivity index (χ3v) is 4.62. The van der Waals surface area contributed by atoms with Crippen LogP contribution in [0, 0.1) is 11.8 Å². The molecule has 3 fully saturated rings. The molecule has 1 aliphatic heterocycles. The topological polar surface area (TPSA) is 12.5 Å². The van der Waals surface area contributed by atoms with Gasteiger partial charge in [-0.1, -0.05) is 13.3 Å². The standard InChI is InChI=1S/C11H19NO/c1-9-10-3-2-4-11(9,10)12-5-7-13-8-6-12/h9-10H,2-8H2,1H3. The van der Waals surface area contributed by atoms with E-state index in [9.17, 15) is 0 Å². The lowest BCUT2D eigenvalue weighted by atomic mass is 10.1. The van der Waals surface area contributed by atoms with Crippen molar-refractivity contribution in [3.05, 3.63) is 0 Å². The van der Waals surface area contributed by atoms with Gasteiger partial charge in [0.25, 0.3) is 0 Å². The number of fused-ring (bicyclic) bond motifs is 1. The van der Waals surface area contributed by atoms with Crippen molar-refractivity contribution in [2.24, 2.45) is 11.8 Å². The minimum atomic E-state index is 0.643. The Labute approximate surface area is 80.2 Å². The summed E-state index contributed by atoms with van der Waals surface area (Å²) in [5.41, 5.74) is 0.643. The molecule has 0 bridgehead atoms. The maximum atomic E-state index is 5.42. The quantitative estimate of drug-likeness (QED) is 0.608. The molecule has 74 valence electrons. The molecule has 3 rings (SSSR count). The zero-order valence-electron chi connectivity index (χ0n) is 8.46. The Balaban J connectivity index is 1.76. The van der Waals surface area contributed by atoms with Gasteiger partial charge in [-0.3, -0.25) is 4.90 Å². The van der Waals surface area contributed by atoms with Crippen molar-refractivity contribution in [1.29, 1.82) is 0 Å². The summed E-state index contributed by atoms with van der Waals surface area (Å²) in [6, 6.07) is 0. The number of ether oxygens (including phenoxy) is 1. The first kappa shape index (κ1) is 8.25. The van der Waals surface area contributed by atoms with E-state index in [0.29, 0.717) is 5.54 Å². The van der Waals surface area contributed by atoms with Gasteiger partial charge in [-0.05, 0) is 24.7 Å². The number of morpholine rings is 1. The molecule has 3 unspecified atom stereocenters. The molecular weight excluding hydrogens is 162 g/mol. The molecule has 0 N–H and O–H groups in total.